The highest BCUT2D eigenvalue weighted by atomic mass is 16.6. The first-order chi connectivity index (χ1) is 15.6. The summed E-state index contributed by atoms with van der Waals surface area (Å²) in [6.45, 7) is 2.29. The second-order valence-electron chi connectivity index (χ2n) is 7.59. The molecule has 0 amide bonds. The average molecular weight is 427 g/mol. The minimum absolute atomic E-state index is 0.243. The highest BCUT2D eigenvalue weighted by Crippen LogP contribution is 2.31. The van der Waals surface area contributed by atoms with E-state index in [0.717, 1.165) is 27.8 Å². The molecule has 0 saturated heterocycles. The van der Waals surface area contributed by atoms with E-state index in [4.69, 9.17) is 14.6 Å². The van der Waals surface area contributed by atoms with Crippen molar-refractivity contribution in [2.45, 2.75) is 13.0 Å². The standard InChI is InChI=1S/C23H21N7O2/c1-14-10-30(13-25-14)21-7-5-18(27-23(21)31-3)22-26-19(12-32-28-22)17-11-29(2)20-6-4-15(9-24)8-16(17)20/h4-8,10-11,13,19H,12H2,1-3H3,(H,26,28). The molecule has 1 N–H and O–H groups in total. The van der Waals surface area contributed by atoms with Gasteiger partial charge in [-0.2, -0.15) is 5.26 Å². The summed E-state index contributed by atoms with van der Waals surface area (Å²) in [5.41, 5.74) is 7.81. The molecule has 1 aliphatic rings. The number of aliphatic imine (C=N–C) groups is 1. The zero-order valence-corrected chi connectivity index (χ0v) is 17.9. The molecular weight excluding hydrogens is 406 g/mol. The Bertz CT molecular complexity index is 1390. The third-order valence-electron chi connectivity index (χ3n) is 5.47. The van der Waals surface area contributed by atoms with Gasteiger partial charge in [-0.1, -0.05) is 0 Å². The Morgan fingerprint density at radius 1 is 1.25 bits per heavy atom. The Hall–Kier alpha value is -4.16. The number of methoxy groups -OCH3 is 1. The molecule has 0 spiro atoms. The molecule has 1 atom stereocenters. The van der Waals surface area contributed by atoms with Gasteiger partial charge in [-0.05, 0) is 37.3 Å². The molecule has 9 nitrogen and oxygen atoms in total. The van der Waals surface area contributed by atoms with Gasteiger partial charge in [0.15, 0.2) is 5.84 Å². The molecule has 3 aromatic heterocycles. The fourth-order valence-electron chi connectivity index (χ4n) is 3.91. The molecule has 1 aliphatic heterocycles. The molecule has 160 valence electrons. The molecule has 0 saturated carbocycles. The van der Waals surface area contributed by atoms with Gasteiger partial charge in [0.05, 0.1) is 30.8 Å². The van der Waals surface area contributed by atoms with Crippen LogP contribution in [0, 0.1) is 18.3 Å². The van der Waals surface area contributed by atoms with Gasteiger partial charge in [0.1, 0.15) is 24.0 Å². The first kappa shape index (κ1) is 19.8. The highest BCUT2D eigenvalue weighted by Gasteiger charge is 2.23. The van der Waals surface area contributed by atoms with Gasteiger partial charge in [-0.15, -0.1) is 0 Å². The number of hydrogen-bond acceptors (Lipinski definition) is 7. The molecule has 5 rings (SSSR count). The predicted octanol–water partition coefficient (Wildman–Crippen LogP) is 2.97. The molecule has 0 aliphatic carbocycles. The van der Waals surface area contributed by atoms with Gasteiger partial charge in [-0.25, -0.2) is 15.4 Å². The zero-order chi connectivity index (χ0) is 22.2. The zero-order valence-electron chi connectivity index (χ0n) is 17.9. The number of aryl methyl sites for hydroxylation is 2. The van der Waals surface area contributed by atoms with Crippen LogP contribution in [0.1, 0.15) is 28.6 Å². The van der Waals surface area contributed by atoms with Crippen molar-refractivity contribution in [1.29, 1.82) is 5.26 Å². The minimum atomic E-state index is -0.243. The lowest BCUT2D eigenvalue weighted by molar-refractivity contribution is 0.0623. The van der Waals surface area contributed by atoms with Crippen molar-refractivity contribution in [3.05, 3.63) is 71.6 Å². The van der Waals surface area contributed by atoms with E-state index in [1.165, 1.54) is 0 Å². The van der Waals surface area contributed by atoms with Crippen molar-refractivity contribution in [3.63, 3.8) is 0 Å². The van der Waals surface area contributed by atoms with Gasteiger partial charge in [0.25, 0.3) is 0 Å². The number of pyridine rings is 1. The fraction of sp³-hybridized carbons (Fsp3) is 0.217. The van der Waals surface area contributed by atoms with Gasteiger partial charge >= 0.3 is 0 Å². The van der Waals surface area contributed by atoms with Crippen LogP contribution in [0.5, 0.6) is 5.88 Å². The summed E-state index contributed by atoms with van der Waals surface area (Å²) in [5, 5.41) is 10.3. The van der Waals surface area contributed by atoms with Crippen LogP contribution < -0.4 is 10.2 Å². The summed E-state index contributed by atoms with van der Waals surface area (Å²) < 4.78 is 9.42. The molecule has 32 heavy (non-hydrogen) atoms. The number of ether oxygens (including phenoxy) is 1. The lowest BCUT2D eigenvalue weighted by Crippen LogP contribution is -2.33. The maximum atomic E-state index is 9.31. The van der Waals surface area contributed by atoms with Crippen LogP contribution in [0.2, 0.25) is 0 Å². The Morgan fingerprint density at radius 2 is 2.12 bits per heavy atom. The van der Waals surface area contributed by atoms with Crippen LogP contribution >= 0.6 is 0 Å². The average Bonchev–Trinajstić information content (AvgIpc) is 3.41. The summed E-state index contributed by atoms with van der Waals surface area (Å²) >= 11 is 0. The molecule has 4 heterocycles. The summed E-state index contributed by atoms with van der Waals surface area (Å²) in [4.78, 5) is 19.4. The van der Waals surface area contributed by atoms with Crippen molar-refractivity contribution in [2.24, 2.45) is 12.0 Å². The fourth-order valence-corrected chi connectivity index (χ4v) is 3.91. The second kappa shape index (κ2) is 7.83. The monoisotopic (exact) mass is 427 g/mol. The van der Waals surface area contributed by atoms with Crippen LogP contribution in [0.15, 0.2) is 54.0 Å². The number of fused-ring (bicyclic) bond motifs is 1. The van der Waals surface area contributed by atoms with Crippen molar-refractivity contribution < 1.29 is 9.57 Å². The van der Waals surface area contributed by atoms with Gasteiger partial charge in [0.2, 0.25) is 5.88 Å². The van der Waals surface area contributed by atoms with Crippen LogP contribution in [-0.4, -0.2) is 38.7 Å². The quantitative estimate of drug-likeness (QED) is 0.537. The number of amidine groups is 1. The number of rotatable bonds is 4. The summed E-state index contributed by atoms with van der Waals surface area (Å²) in [6, 6.07) is 11.4. The Morgan fingerprint density at radius 3 is 2.88 bits per heavy atom. The summed E-state index contributed by atoms with van der Waals surface area (Å²) in [5.74, 6) is 0.969. The Labute approximate surface area is 184 Å². The maximum absolute atomic E-state index is 9.31. The van der Waals surface area contributed by atoms with E-state index >= 15 is 0 Å². The molecular formula is C23H21N7O2. The molecule has 9 heteroatoms. The molecule has 1 aromatic carbocycles. The van der Waals surface area contributed by atoms with Gasteiger partial charge in [0, 0.05) is 35.9 Å². The maximum Gasteiger partial charge on any atom is 0.238 e. The topological polar surface area (TPSA) is 102 Å². The molecule has 4 aromatic rings. The van der Waals surface area contributed by atoms with Crippen molar-refractivity contribution in [3.8, 4) is 17.6 Å². The van der Waals surface area contributed by atoms with Crippen LogP contribution in [0.4, 0.5) is 0 Å². The largest absolute Gasteiger partial charge is 0.479 e. The first-order valence-corrected chi connectivity index (χ1v) is 10.1. The number of nitrogens with zero attached hydrogens (tertiary/aromatic N) is 6. The number of benzene rings is 1. The normalized spacial score (nSPS) is 15.8. The minimum Gasteiger partial charge on any atom is -0.479 e. The number of hydrogen-bond donors (Lipinski definition) is 1. The highest BCUT2D eigenvalue weighted by molar-refractivity contribution is 5.97. The first-order valence-electron chi connectivity index (χ1n) is 10.1. The van der Waals surface area contributed by atoms with Gasteiger partial charge < -0.3 is 13.9 Å². The molecule has 0 radical (unpaired) electrons. The van der Waals surface area contributed by atoms with Crippen molar-refractivity contribution in [1.82, 2.24) is 24.6 Å². The van der Waals surface area contributed by atoms with Crippen LogP contribution in [0.3, 0.4) is 0 Å². The number of nitriles is 1. The predicted molar refractivity (Wildman–Crippen MR) is 119 cm³/mol. The SMILES string of the molecule is COc1nc(C2=NC(c3cn(C)c4ccc(C#N)cc34)CON2)ccc1-n1cnc(C)c1. The van der Waals surface area contributed by atoms with Crippen molar-refractivity contribution in [2.75, 3.05) is 13.7 Å². The lowest BCUT2D eigenvalue weighted by Gasteiger charge is -2.22. The van der Waals surface area contributed by atoms with E-state index in [2.05, 4.69) is 21.5 Å². The third-order valence-corrected chi connectivity index (χ3v) is 5.47. The van der Waals surface area contributed by atoms with Crippen molar-refractivity contribution >= 4 is 16.7 Å². The van der Waals surface area contributed by atoms with E-state index in [0.29, 0.717) is 29.6 Å². The Kier molecular flexibility index (Phi) is 4.84. The number of imidazole rings is 1. The van der Waals surface area contributed by atoms with Crippen LogP contribution in [-0.2, 0) is 11.9 Å². The Balaban J connectivity index is 1.54. The van der Waals surface area contributed by atoms with Gasteiger partial charge in [-0.3, -0.25) is 9.83 Å². The molecule has 1 unspecified atom stereocenters. The second-order valence-corrected chi connectivity index (χ2v) is 7.59. The smallest absolute Gasteiger partial charge is 0.238 e. The van der Waals surface area contributed by atoms with Crippen LogP contribution in [0.25, 0.3) is 16.6 Å². The number of nitrogens with one attached hydrogen (secondary N) is 1. The number of hydroxylamine groups is 1. The third kappa shape index (κ3) is 3.36. The summed E-state index contributed by atoms with van der Waals surface area (Å²) in [7, 11) is 3.56. The molecule has 0 fully saturated rings. The lowest BCUT2D eigenvalue weighted by atomic mass is 10.0. The van der Waals surface area contributed by atoms with E-state index < -0.39 is 0 Å². The van der Waals surface area contributed by atoms with E-state index in [1.807, 2.05) is 65.8 Å². The van der Waals surface area contributed by atoms with E-state index in [9.17, 15) is 5.26 Å². The molecule has 0 bridgehead atoms. The van der Waals surface area contributed by atoms with E-state index in [1.54, 1.807) is 13.4 Å². The summed E-state index contributed by atoms with van der Waals surface area (Å²) in [6.07, 6.45) is 5.66. The number of aromatic nitrogens is 4. The van der Waals surface area contributed by atoms with E-state index in [-0.39, 0.29) is 6.04 Å².